The fourth-order valence-corrected chi connectivity index (χ4v) is 1.19. The SMILES string of the molecule is C=C/C=C(CC=C)/C(=C/C)CC=C. The first-order valence-electron chi connectivity index (χ1n) is 4.49. The van der Waals surface area contributed by atoms with Crippen LogP contribution in [-0.4, -0.2) is 0 Å². The average Bonchev–Trinajstić information content (AvgIpc) is 2.14. The summed E-state index contributed by atoms with van der Waals surface area (Å²) < 4.78 is 0. The Morgan fingerprint density at radius 1 is 1.00 bits per heavy atom. The monoisotopic (exact) mass is 174 g/mol. The average molecular weight is 174 g/mol. The van der Waals surface area contributed by atoms with E-state index < -0.39 is 0 Å². The zero-order valence-electron chi connectivity index (χ0n) is 8.42. The van der Waals surface area contributed by atoms with Crippen LogP contribution in [0.25, 0.3) is 0 Å². The maximum atomic E-state index is 3.73. The molecule has 0 aliphatic heterocycles. The Hall–Kier alpha value is -1.30. The lowest BCUT2D eigenvalue weighted by Gasteiger charge is -2.06. The van der Waals surface area contributed by atoms with Crippen molar-refractivity contribution in [1.82, 2.24) is 0 Å². The molecule has 0 spiro atoms. The number of hydrogen-bond acceptors (Lipinski definition) is 0. The lowest BCUT2D eigenvalue weighted by Crippen LogP contribution is -1.87. The van der Waals surface area contributed by atoms with Crippen molar-refractivity contribution in [1.29, 1.82) is 0 Å². The highest BCUT2D eigenvalue weighted by Gasteiger charge is 1.98. The maximum Gasteiger partial charge on any atom is -0.00974 e. The van der Waals surface area contributed by atoms with Crippen LogP contribution in [0.5, 0.6) is 0 Å². The summed E-state index contributed by atoms with van der Waals surface area (Å²) in [6, 6.07) is 0. The van der Waals surface area contributed by atoms with Gasteiger partial charge in [-0.3, -0.25) is 0 Å². The Balaban J connectivity index is 4.68. The molecule has 0 bridgehead atoms. The summed E-state index contributed by atoms with van der Waals surface area (Å²) >= 11 is 0. The first kappa shape index (κ1) is 11.7. The van der Waals surface area contributed by atoms with E-state index in [1.54, 1.807) is 0 Å². The van der Waals surface area contributed by atoms with Crippen molar-refractivity contribution >= 4 is 0 Å². The summed E-state index contributed by atoms with van der Waals surface area (Å²) in [5.74, 6) is 0. The predicted molar refractivity (Wildman–Crippen MR) is 61.7 cm³/mol. The van der Waals surface area contributed by atoms with Crippen LogP contribution in [0.2, 0.25) is 0 Å². The second-order valence-corrected chi connectivity index (χ2v) is 2.73. The standard InChI is InChI=1S/C13H18/c1-5-9-12(8-4)13(10-6-2)11-7-3/h5-8,10H,1-3,9,11H2,4H3/b12-8+,13-10+. The van der Waals surface area contributed by atoms with Crippen molar-refractivity contribution in [3.05, 3.63) is 61.3 Å². The third-order valence-electron chi connectivity index (χ3n) is 1.81. The van der Waals surface area contributed by atoms with E-state index in [0.717, 1.165) is 12.8 Å². The maximum absolute atomic E-state index is 3.73. The molecule has 0 rings (SSSR count). The van der Waals surface area contributed by atoms with Gasteiger partial charge < -0.3 is 0 Å². The van der Waals surface area contributed by atoms with Gasteiger partial charge in [-0.15, -0.1) is 13.2 Å². The third kappa shape index (κ3) is 4.32. The van der Waals surface area contributed by atoms with Gasteiger partial charge in [-0.2, -0.15) is 0 Å². The van der Waals surface area contributed by atoms with Crippen LogP contribution < -0.4 is 0 Å². The molecule has 0 aliphatic carbocycles. The second-order valence-electron chi connectivity index (χ2n) is 2.73. The highest BCUT2D eigenvalue weighted by atomic mass is 14.0. The molecule has 0 aromatic rings. The Labute approximate surface area is 81.7 Å². The van der Waals surface area contributed by atoms with Gasteiger partial charge in [0.1, 0.15) is 0 Å². The Bertz CT molecular complexity index is 239. The van der Waals surface area contributed by atoms with Gasteiger partial charge in [0.15, 0.2) is 0 Å². The molecule has 0 nitrogen and oxygen atoms in total. The summed E-state index contributed by atoms with van der Waals surface area (Å²) in [4.78, 5) is 0. The van der Waals surface area contributed by atoms with Gasteiger partial charge in [0.05, 0.1) is 0 Å². The van der Waals surface area contributed by atoms with Crippen LogP contribution in [0.1, 0.15) is 19.8 Å². The summed E-state index contributed by atoms with van der Waals surface area (Å²) in [6.45, 7) is 13.2. The quantitative estimate of drug-likeness (QED) is 0.418. The van der Waals surface area contributed by atoms with E-state index in [4.69, 9.17) is 0 Å². The van der Waals surface area contributed by atoms with E-state index in [1.165, 1.54) is 11.1 Å². The summed E-state index contributed by atoms with van der Waals surface area (Å²) in [6.07, 6.45) is 11.6. The molecule has 0 saturated carbocycles. The number of rotatable bonds is 6. The molecule has 0 saturated heterocycles. The molecule has 0 N–H and O–H groups in total. The minimum Gasteiger partial charge on any atom is -0.103 e. The van der Waals surface area contributed by atoms with Crippen LogP contribution in [-0.2, 0) is 0 Å². The molecular weight excluding hydrogens is 156 g/mol. The van der Waals surface area contributed by atoms with Crippen LogP contribution in [0.15, 0.2) is 61.3 Å². The van der Waals surface area contributed by atoms with E-state index >= 15 is 0 Å². The van der Waals surface area contributed by atoms with E-state index in [0.29, 0.717) is 0 Å². The van der Waals surface area contributed by atoms with Crippen LogP contribution in [0.4, 0.5) is 0 Å². The van der Waals surface area contributed by atoms with Crippen molar-refractivity contribution in [3.8, 4) is 0 Å². The Morgan fingerprint density at radius 2 is 1.54 bits per heavy atom. The van der Waals surface area contributed by atoms with Gasteiger partial charge in [0.2, 0.25) is 0 Å². The number of hydrogen-bond donors (Lipinski definition) is 0. The molecule has 0 aliphatic rings. The molecule has 13 heavy (non-hydrogen) atoms. The Morgan fingerprint density at radius 3 is 1.92 bits per heavy atom. The van der Waals surface area contributed by atoms with Gasteiger partial charge >= 0.3 is 0 Å². The van der Waals surface area contributed by atoms with Crippen LogP contribution in [0.3, 0.4) is 0 Å². The molecule has 0 atom stereocenters. The highest BCUT2D eigenvalue weighted by Crippen LogP contribution is 2.18. The van der Waals surface area contributed by atoms with Crippen LogP contribution in [0, 0.1) is 0 Å². The van der Waals surface area contributed by atoms with E-state index in [-0.39, 0.29) is 0 Å². The van der Waals surface area contributed by atoms with Crippen LogP contribution >= 0.6 is 0 Å². The number of allylic oxidation sites excluding steroid dienone is 7. The topological polar surface area (TPSA) is 0 Å². The molecule has 0 amide bonds. The molecule has 0 unspecified atom stereocenters. The minimum absolute atomic E-state index is 0.888. The van der Waals surface area contributed by atoms with Crippen molar-refractivity contribution in [3.63, 3.8) is 0 Å². The molecule has 0 heterocycles. The molecule has 0 radical (unpaired) electrons. The second kappa shape index (κ2) is 7.35. The van der Waals surface area contributed by atoms with Crippen molar-refractivity contribution < 1.29 is 0 Å². The molecule has 0 fully saturated rings. The molecule has 0 aromatic carbocycles. The first-order chi connectivity index (χ1) is 6.29. The van der Waals surface area contributed by atoms with Crippen molar-refractivity contribution in [2.75, 3.05) is 0 Å². The highest BCUT2D eigenvalue weighted by molar-refractivity contribution is 5.35. The van der Waals surface area contributed by atoms with Gasteiger partial charge in [-0.25, -0.2) is 0 Å². The lowest BCUT2D eigenvalue weighted by molar-refractivity contribution is 1.13. The zero-order valence-corrected chi connectivity index (χ0v) is 8.42. The first-order valence-corrected chi connectivity index (χ1v) is 4.49. The van der Waals surface area contributed by atoms with Gasteiger partial charge in [0.25, 0.3) is 0 Å². The predicted octanol–water partition coefficient (Wildman–Crippen LogP) is 4.20. The summed E-state index contributed by atoms with van der Waals surface area (Å²) in [5.41, 5.74) is 2.57. The zero-order chi connectivity index (χ0) is 10.1. The van der Waals surface area contributed by atoms with E-state index in [1.807, 2.05) is 31.2 Å². The molecule has 0 aromatic heterocycles. The fourth-order valence-electron chi connectivity index (χ4n) is 1.19. The molecule has 70 valence electrons. The van der Waals surface area contributed by atoms with Crippen molar-refractivity contribution in [2.45, 2.75) is 19.8 Å². The van der Waals surface area contributed by atoms with Gasteiger partial charge in [-0.05, 0) is 30.9 Å². The van der Waals surface area contributed by atoms with Gasteiger partial charge in [0, 0.05) is 0 Å². The fraction of sp³-hybridized carbons (Fsp3) is 0.231. The smallest absolute Gasteiger partial charge is 0.00974 e. The van der Waals surface area contributed by atoms with Crippen molar-refractivity contribution in [2.24, 2.45) is 0 Å². The largest absolute Gasteiger partial charge is 0.103 e. The normalized spacial score (nSPS) is 12.4. The third-order valence-corrected chi connectivity index (χ3v) is 1.81. The van der Waals surface area contributed by atoms with E-state index in [9.17, 15) is 0 Å². The van der Waals surface area contributed by atoms with Gasteiger partial charge in [-0.1, -0.05) is 37.0 Å². The molecule has 0 heteroatoms. The lowest BCUT2D eigenvalue weighted by atomic mass is 9.99. The minimum atomic E-state index is 0.888. The Kier molecular flexibility index (Phi) is 6.62. The van der Waals surface area contributed by atoms with E-state index in [2.05, 4.69) is 25.8 Å². The molecular formula is C13H18. The summed E-state index contributed by atoms with van der Waals surface area (Å²) in [7, 11) is 0. The summed E-state index contributed by atoms with van der Waals surface area (Å²) in [5, 5.41) is 0.